The second-order valence-electron chi connectivity index (χ2n) is 8.91. The summed E-state index contributed by atoms with van der Waals surface area (Å²) in [6.07, 6.45) is 4.66. The topological polar surface area (TPSA) is 87.9 Å². The molecule has 34 heavy (non-hydrogen) atoms. The van der Waals surface area contributed by atoms with E-state index in [1.165, 1.54) is 5.69 Å². The third-order valence-corrected chi connectivity index (χ3v) is 6.84. The Kier molecular flexibility index (Phi) is 8.29. The van der Waals surface area contributed by atoms with Crippen molar-refractivity contribution in [2.24, 2.45) is 5.73 Å². The van der Waals surface area contributed by atoms with Gasteiger partial charge >= 0.3 is 0 Å². The van der Waals surface area contributed by atoms with E-state index in [1.54, 1.807) is 23.1 Å². The van der Waals surface area contributed by atoms with E-state index in [4.69, 9.17) is 22.1 Å². The lowest BCUT2D eigenvalue weighted by Crippen LogP contribution is -2.50. The molecule has 0 radical (unpaired) electrons. The summed E-state index contributed by atoms with van der Waals surface area (Å²) in [5.41, 5.74) is 7.37. The van der Waals surface area contributed by atoms with Gasteiger partial charge in [0.05, 0.1) is 5.02 Å². The van der Waals surface area contributed by atoms with E-state index < -0.39 is 6.04 Å². The van der Waals surface area contributed by atoms with Crippen molar-refractivity contribution in [2.45, 2.75) is 50.7 Å². The first-order valence-electron chi connectivity index (χ1n) is 12.1. The van der Waals surface area contributed by atoms with Gasteiger partial charge in [0.1, 0.15) is 17.9 Å². The second-order valence-corrected chi connectivity index (χ2v) is 9.32. The number of carbonyl (C=O) groups is 2. The zero-order chi connectivity index (χ0) is 23.9. The van der Waals surface area contributed by atoms with Crippen LogP contribution in [0.15, 0.2) is 48.5 Å². The molecule has 0 spiro atoms. The molecular weight excluding hydrogens is 452 g/mol. The molecule has 0 saturated carbocycles. The van der Waals surface area contributed by atoms with Crippen molar-refractivity contribution >= 4 is 34.8 Å². The molecule has 2 aromatic rings. The molecule has 2 amide bonds. The Hall–Kier alpha value is -2.77. The van der Waals surface area contributed by atoms with E-state index in [0.717, 1.165) is 38.8 Å². The van der Waals surface area contributed by atoms with Gasteiger partial charge in [0.25, 0.3) is 0 Å². The molecule has 0 aliphatic carbocycles. The molecule has 2 aliphatic rings. The quantitative estimate of drug-likeness (QED) is 0.618. The van der Waals surface area contributed by atoms with Gasteiger partial charge in [-0.3, -0.25) is 9.59 Å². The number of nitrogens with zero attached hydrogens (tertiary/aromatic N) is 2. The van der Waals surface area contributed by atoms with Crippen molar-refractivity contribution in [3.63, 3.8) is 0 Å². The lowest BCUT2D eigenvalue weighted by Gasteiger charge is -2.35. The Morgan fingerprint density at radius 3 is 2.50 bits per heavy atom. The minimum absolute atomic E-state index is 0.0672. The van der Waals surface area contributed by atoms with Crippen LogP contribution in [0.25, 0.3) is 0 Å². The summed E-state index contributed by atoms with van der Waals surface area (Å²) >= 11 is 6.50. The van der Waals surface area contributed by atoms with Gasteiger partial charge < -0.3 is 25.6 Å². The number of piperidine rings is 2. The van der Waals surface area contributed by atoms with E-state index >= 15 is 0 Å². The number of nitrogens with two attached hydrogens (primary N) is 1. The molecule has 4 rings (SSSR count). The van der Waals surface area contributed by atoms with Crippen molar-refractivity contribution in [1.29, 1.82) is 0 Å². The normalized spacial score (nSPS) is 19.1. The number of rotatable bonds is 7. The summed E-state index contributed by atoms with van der Waals surface area (Å²) in [5.74, 6) is 0.362. The Morgan fingerprint density at radius 1 is 1.03 bits per heavy atom. The monoisotopic (exact) mass is 484 g/mol. The minimum atomic E-state index is -0.475. The van der Waals surface area contributed by atoms with Crippen molar-refractivity contribution < 1.29 is 14.3 Å². The average Bonchev–Trinajstić information content (AvgIpc) is 2.87. The Bertz CT molecular complexity index is 979. The molecule has 2 aromatic carbocycles. The Morgan fingerprint density at radius 2 is 1.79 bits per heavy atom. The van der Waals surface area contributed by atoms with Crippen LogP contribution in [0.4, 0.5) is 11.4 Å². The first kappa shape index (κ1) is 24.4. The third-order valence-electron chi connectivity index (χ3n) is 6.54. The summed E-state index contributed by atoms with van der Waals surface area (Å²) in [6.45, 7) is 2.74. The number of anilines is 2. The van der Waals surface area contributed by atoms with E-state index in [1.807, 2.05) is 6.07 Å². The van der Waals surface area contributed by atoms with Gasteiger partial charge in [-0.15, -0.1) is 0 Å². The molecule has 3 N–H and O–H groups in total. The van der Waals surface area contributed by atoms with E-state index in [9.17, 15) is 9.59 Å². The minimum Gasteiger partial charge on any atom is -0.489 e. The molecule has 0 bridgehead atoms. The molecule has 7 nitrogen and oxygen atoms in total. The van der Waals surface area contributed by atoms with E-state index in [-0.39, 0.29) is 30.9 Å². The molecular formula is C26H33ClN4O3. The zero-order valence-corrected chi connectivity index (χ0v) is 20.2. The highest BCUT2D eigenvalue weighted by Gasteiger charge is 2.31. The third kappa shape index (κ3) is 6.02. The second kappa shape index (κ2) is 11.6. The van der Waals surface area contributed by atoms with Crippen LogP contribution < -0.4 is 20.7 Å². The standard InChI is InChI=1S/C26H33ClN4O3/c27-22-18-19(29-26(33)23-8-4-5-15-31(23)25(32)11-14-28)9-10-24(22)34-21-12-16-30(17-13-21)20-6-2-1-3-7-20/h1-3,6-7,9-10,18,21,23H,4-5,8,11-17,28H2,(H,29,33). The van der Waals surface area contributed by atoms with Crippen LogP contribution in [0.2, 0.25) is 5.02 Å². The van der Waals surface area contributed by atoms with Gasteiger partial charge in [-0.25, -0.2) is 0 Å². The molecule has 8 heteroatoms. The number of carbonyl (C=O) groups excluding carboxylic acids is 2. The molecule has 2 saturated heterocycles. The van der Waals surface area contributed by atoms with Crippen LogP contribution in [0.5, 0.6) is 5.75 Å². The van der Waals surface area contributed by atoms with Gasteiger partial charge in [0, 0.05) is 56.8 Å². The highest BCUT2D eigenvalue weighted by atomic mass is 35.5. The van der Waals surface area contributed by atoms with Gasteiger partial charge in [0.2, 0.25) is 11.8 Å². The number of halogens is 1. The number of amides is 2. The largest absolute Gasteiger partial charge is 0.489 e. The lowest BCUT2D eigenvalue weighted by atomic mass is 10.0. The summed E-state index contributed by atoms with van der Waals surface area (Å²) < 4.78 is 6.19. The van der Waals surface area contributed by atoms with Crippen LogP contribution in [0.1, 0.15) is 38.5 Å². The number of hydrogen-bond acceptors (Lipinski definition) is 5. The van der Waals surface area contributed by atoms with Crippen LogP contribution in [0.3, 0.4) is 0 Å². The van der Waals surface area contributed by atoms with Crippen molar-refractivity contribution in [3.8, 4) is 5.75 Å². The van der Waals surface area contributed by atoms with Crippen LogP contribution in [0, 0.1) is 0 Å². The first-order chi connectivity index (χ1) is 16.5. The highest BCUT2D eigenvalue weighted by Crippen LogP contribution is 2.31. The molecule has 0 aromatic heterocycles. The maximum Gasteiger partial charge on any atom is 0.247 e. The zero-order valence-electron chi connectivity index (χ0n) is 19.4. The highest BCUT2D eigenvalue weighted by molar-refractivity contribution is 6.32. The number of nitrogens with one attached hydrogen (secondary N) is 1. The summed E-state index contributed by atoms with van der Waals surface area (Å²) in [5, 5.41) is 3.38. The molecule has 1 atom stereocenters. The fraction of sp³-hybridized carbons (Fsp3) is 0.462. The summed E-state index contributed by atoms with van der Waals surface area (Å²) in [4.78, 5) is 29.3. The Labute approximate surface area is 206 Å². The predicted molar refractivity (Wildman–Crippen MR) is 135 cm³/mol. The number of para-hydroxylation sites is 1. The number of hydrogen-bond donors (Lipinski definition) is 2. The van der Waals surface area contributed by atoms with Crippen molar-refractivity contribution in [1.82, 2.24) is 4.90 Å². The van der Waals surface area contributed by atoms with Gasteiger partial charge in [-0.1, -0.05) is 29.8 Å². The van der Waals surface area contributed by atoms with Crippen LogP contribution in [-0.2, 0) is 9.59 Å². The van der Waals surface area contributed by atoms with Crippen LogP contribution in [-0.4, -0.2) is 55.0 Å². The smallest absolute Gasteiger partial charge is 0.247 e. The lowest BCUT2D eigenvalue weighted by molar-refractivity contribution is -0.140. The number of benzene rings is 2. The molecule has 2 fully saturated rings. The Balaban J connectivity index is 1.32. The molecule has 1 unspecified atom stereocenters. The molecule has 2 heterocycles. The van der Waals surface area contributed by atoms with Crippen molar-refractivity contribution in [2.75, 3.05) is 36.4 Å². The number of likely N-dealkylation sites (tertiary alicyclic amines) is 1. The summed E-state index contributed by atoms with van der Waals surface area (Å²) in [6, 6.07) is 15.2. The van der Waals surface area contributed by atoms with Gasteiger partial charge in [-0.05, 0) is 49.6 Å². The first-order valence-corrected chi connectivity index (χ1v) is 12.5. The fourth-order valence-electron chi connectivity index (χ4n) is 4.72. The van der Waals surface area contributed by atoms with E-state index in [0.29, 0.717) is 29.4 Å². The SMILES string of the molecule is NCCC(=O)N1CCCCC1C(=O)Nc1ccc(OC2CCN(c3ccccc3)CC2)c(Cl)c1. The van der Waals surface area contributed by atoms with Gasteiger partial charge in [0.15, 0.2) is 0 Å². The summed E-state index contributed by atoms with van der Waals surface area (Å²) in [7, 11) is 0. The average molecular weight is 485 g/mol. The fourth-order valence-corrected chi connectivity index (χ4v) is 4.94. The maximum atomic E-state index is 12.9. The molecule has 182 valence electrons. The van der Waals surface area contributed by atoms with Gasteiger partial charge in [-0.2, -0.15) is 0 Å². The van der Waals surface area contributed by atoms with E-state index in [2.05, 4.69) is 34.5 Å². The molecule has 2 aliphatic heterocycles. The predicted octanol–water partition coefficient (Wildman–Crippen LogP) is 4.06. The van der Waals surface area contributed by atoms with Crippen LogP contribution >= 0.6 is 11.6 Å². The maximum absolute atomic E-state index is 12.9. The van der Waals surface area contributed by atoms with Crippen molar-refractivity contribution in [3.05, 3.63) is 53.6 Å². The number of ether oxygens (including phenoxy) is 1.